The van der Waals surface area contributed by atoms with Gasteiger partial charge in [-0.1, -0.05) is 18.6 Å². The van der Waals surface area contributed by atoms with Gasteiger partial charge in [-0.2, -0.15) is 13.8 Å². The van der Waals surface area contributed by atoms with E-state index in [1.54, 1.807) is 0 Å². The van der Waals surface area contributed by atoms with Gasteiger partial charge in [-0.3, -0.25) is 19.2 Å². The van der Waals surface area contributed by atoms with E-state index in [1.807, 2.05) is 0 Å². The number of esters is 1. The molecular formula is C28H31F3N4O7. The number of halogens is 3. The second kappa shape index (κ2) is 12.8. The second-order valence-electron chi connectivity index (χ2n) is 10.6. The SMILES string of the molecule is C[C@H]1NC(=O)C(C2CCC2)OC(=O)[C@H](C)[C@H](O)[C@H](Cc2cc(F)c(F)nc2F)NC(=O)[C@H]1NC(=O)c1ccccc1O. The van der Waals surface area contributed by atoms with E-state index in [1.165, 1.54) is 38.1 Å². The van der Waals surface area contributed by atoms with Crippen molar-refractivity contribution in [1.82, 2.24) is 20.9 Å². The normalized spacial score (nSPS) is 27.4. The van der Waals surface area contributed by atoms with Gasteiger partial charge in [0.25, 0.3) is 17.8 Å². The molecule has 226 valence electrons. The molecule has 5 N–H and O–H groups in total. The highest BCUT2D eigenvalue weighted by atomic mass is 19.2. The van der Waals surface area contributed by atoms with E-state index in [4.69, 9.17) is 4.74 Å². The van der Waals surface area contributed by atoms with E-state index >= 15 is 0 Å². The third kappa shape index (κ3) is 6.64. The average Bonchev–Trinajstić information content (AvgIpc) is 2.91. The average molecular weight is 593 g/mol. The highest BCUT2D eigenvalue weighted by molar-refractivity contribution is 6.00. The lowest BCUT2D eigenvalue weighted by Gasteiger charge is -2.37. The number of aromatic nitrogens is 1. The van der Waals surface area contributed by atoms with Crippen molar-refractivity contribution in [3.05, 3.63) is 59.2 Å². The lowest BCUT2D eigenvalue weighted by molar-refractivity contribution is -0.169. The zero-order valence-corrected chi connectivity index (χ0v) is 22.8. The summed E-state index contributed by atoms with van der Waals surface area (Å²) >= 11 is 0. The van der Waals surface area contributed by atoms with Crippen LogP contribution >= 0.6 is 0 Å². The van der Waals surface area contributed by atoms with Gasteiger partial charge in [-0.05, 0) is 51.3 Å². The summed E-state index contributed by atoms with van der Waals surface area (Å²) in [5.74, 6) is -10.1. The van der Waals surface area contributed by atoms with Crippen LogP contribution < -0.4 is 16.0 Å². The van der Waals surface area contributed by atoms with Crippen LogP contribution in [0.2, 0.25) is 0 Å². The number of phenolic OH excluding ortho intramolecular Hbond substituents is 1. The first-order valence-electron chi connectivity index (χ1n) is 13.5. The summed E-state index contributed by atoms with van der Waals surface area (Å²) in [5, 5.41) is 28.8. The number of para-hydroxylation sites is 1. The van der Waals surface area contributed by atoms with Crippen LogP contribution in [0.4, 0.5) is 13.2 Å². The molecule has 0 bridgehead atoms. The number of phenols is 1. The van der Waals surface area contributed by atoms with E-state index in [2.05, 4.69) is 20.9 Å². The summed E-state index contributed by atoms with van der Waals surface area (Å²) in [6, 6.07) is 1.92. The molecule has 1 saturated heterocycles. The van der Waals surface area contributed by atoms with E-state index in [9.17, 15) is 42.6 Å². The minimum absolute atomic E-state index is 0.170. The molecule has 2 aliphatic rings. The molecule has 1 aromatic heterocycles. The van der Waals surface area contributed by atoms with Crippen molar-refractivity contribution < 1.29 is 47.3 Å². The van der Waals surface area contributed by atoms with E-state index in [0.29, 0.717) is 18.9 Å². The predicted octanol–water partition coefficient (Wildman–Crippen LogP) is 1.26. The van der Waals surface area contributed by atoms with Gasteiger partial charge in [0.2, 0.25) is 11.9 Å². The number of aliphatic hydroxyl groups is 1. The van der Waals surface area contributed by atoms with Crippen molar-refractivity contribution in [3.8, 4) is 5.75 Å². The van der Waals surface area contributed by atoms with Gasteiger partial charge < -0.3 is 30.9 Å². The molecule has 1 aromatic carbocycles. The summed E-state index contributed by atoms with van der Waals surface area (Å²) in [4.78, 5) is 55.7. The Balaban J connectivity index is 1.71. The Morgan fingerprint density at radius 1 is 1.07 bits per heavy atom. The van der Waals surface area contributed by atoms with Crippen LogP contribution in [0.25, 0.3) is 0 Å². The third-order valence-electron chi connectivity index (χ3n) is 7.69. The minimum Gasteiger partial charge on any atom is -0.507 e. The fourth-order valence-electron chi connectivity index (χ4n) is 4.91. The molecule has 14 heteroatoms. The maximum absolute atomic E-state index is 14.5. The molecule has 0 spiro atoms. The summed E-state index contributed by atoms with van der Waals surface area (Å²) < 4.78 is 47.3. The number of hydrogen-bond donors (Lipinski definition) is 5. The molecule has 11 nitrogen and oxygen atoms in total. The van der Waals surface area contributed by atoms with Gasteiger partial charge >= 0.3 is 5.97 Å². The van der Waals surface area contributed by atoms with E-state index < -0.39 is 89.6 Å². The number of carbonyl (C=O) groups is 4. The summed E-state index contributed by atoms with van der Waals surface area (Å²) in [5.41, 5.74) is -0.675. The Morgan fingerprint density at radius 2 is 1.76 bits per heavy atom. The number of hydrogen-bond acceptors (Lipinski definition) is 8. The Labute approximate surface area is 238 Å². The molecule has 1 unspecified atom stereocenters. The van der Waals surface area contributed by atoms with Crippen LogP contribution in [0, 0.1) is 29.5 Å². The van der Waals surface area contributed by atoms with Gasteiger partial charge in [0.05, 0.1) is 29.7 Å². The van der Waals surface area contributed by atoms with Crippen LogP contribution in [0.3, 0.4) is 0 Å². The maximum Gasteiger partial charge on any atom is 0.312 e. The van der Waals surface area contributed by atoms with Crippen molar-refractivity contribution in [2.45, 2.75) is 69.9 Å². The highest BCUT2D eigenvalue weighted by Gasteiger charge is 2.42. The van der Waals surface area contributed by atoms with Crippen molar-refractivity contribution in [2.75, 3.05) is 0 Å². The zero-order valence-electron chi connectivity index (χ0n) is 22.8. The number of cyclic esters (lactones) is 1. The standard InChI is InChI=1S/C28H31F3N4O7/c1-12-21(37)18(11-15-10-17(29)24(31)35-23(15)30)33-26(39)20(34-25(38)16-8-3-4-9-19(16)36)13(2)32-27(40)22(42-28(12)41)14-6-5-7-14/h3-4,8-10,12-14,18,20-22,36-37H,5-7,11H2,1-2H3,(H,32,40)(H,33,39)(H,34,38)/t12-,13-,18+,20+,21+,22?/m1/s1. The summed E-state index contributed by atoms with van der Waals surface area (Å²) in [7, 11) is 0. The smallest absolute Gasteiger partial charge is 0.312 e. The Bertz CT molecular complexity index is 1370. The first-order chi connectivity index (χ1) is 19.9. The van der Waals surface area contributed by atoms with Gasteiger partial charge in [0.1, 0.15) is 11.8 Å². The fraction of sp³-hybridized carbons (Fsp3) is 0.464. The third-order valence-corrected chi connectivity index (χ3v) is 7.69. The molecule has 1 aliphatic carbocycles. The number of rotatable bonds is 5. The van der Waals surface area contributed by atoms with Gasteiger partial charge in [-0.25, -0.2) is 4.39 Å². The number of pyridine rings is 1. The van der Waals surface area contributed by atoms with Gasteiger partial charge in [-0.15, -0.1) is 0 Å². The van der Waals surface area contributed by atoms with Crippen molar-refractivity contribution in [3.63, 3.8) is 0 Å². The van der Waals surface area contributed by atoms with Crippen LogP contribution in [0.1, 0.15) is 49.0 Å². The molecule has 2 fully saturated rings. The number of benzene rings is 1. The lowest BCUT2D eigenvalue weighted by Crippen LogP contribution is -2.63. The largest absolute Gasteiger partial charge is 0.507 e. The Kier molecular flexibility index (Phi) is 9.34. The lowest BCUT2D eigenvalue weighted by atomic mass is 9.80. The van der Waals surface area contributed by atoms with Crippen molar-refractivity contribution in [2.24, 2.45) is 11.8 Å². The molecular weight excluding hydrogens is 561 g/mol. The first-order valence-corrected chi connectivity index (χ1v) is 13.5. The van der Waals surface area contributed by atoms with Crippen molar-refractivity contribution >= 4 is 23.7 Å². The molecule has 1 aliphatic heterocycles. The number of aromatic hydroxyl groups is 1. The number of ether oxygens (including phenoxy) is 1. The van der Waals surface area contributed by atoms with E-state index in [-0.39, 0.29) is 17.2 Å². The highest BCUT2D eigenvalue weighted by Crippen LogP contribution is 2.32. The predicted molar refractivity (Wildman–Crippen MR) is 139 cm³/mol. The van der Waals surface area contributed by atoms with Crippen molar-refractivity contribution in [1.29, 1.82) is 0 Å². The zero-order chi connectivity index (χ0) is 30.7. The Hall–Kier alpha value is -4.20. The van der Waals surface area contributed by atoms with E-state index in [0.717, 1.165) is 6.42 Å². The monoisotopic (exact) mass is 592 g/mol. The van der Waals surface area contributed by atoms with Crippen LogP contribution in [-0.2, 0) is 25.5 Å². The molecule has 2 aromatic rings. The molecule has 3 amide bonds. The number of nitrogens with one attached hydrogen (secondary N) is 3. The maximum atomic E-state index is 14.5. The molecule has 2 heterocycles. The fourth-order valence-corrected chi connectivity index (χ4v) is 4.91. The molecule has 6 atom stereocenters. The number of aliphatic hydroxyl groups excluding tert-OH is 1. The summed E-state index contributed by atoms with van der Waals surface area (Å²) in [6.45, 7) is 2.68. The Morgan fingerprint density at radius 3 is 2.40 bits per heavy atom. The first kappa shape index (κ1) is 30.8. The molecule has 0 radical (unpaired) electrons. The minimum atomic E-state index is -1.76. The van der Waals surface area contributed by atoms with Crippen LogP contribution in [0.5, 0.6) is 5.75 Å². The number of amides is 3. The number of nitrogens with zero attached hydrogens (tertiary/aromatic N) is 1. The molecule has 1 saturated carbocycles. The number of carbonyl (C=O) groups excluding carboxylic acids is 4. The molecule has 4 rings (SSSR count). The van der Waals surface area contributed by atoms with Gasteiger partial charge in [0, 0.05) is 11.5 Å². The molecule has 42 heavy (non-hydrogen) atoms. The quantitative estimate of drug-likeness (QED) is 0.256. The second-order valence-corrected chi connectivity index (χ2v) is 10.6. The van der Waals surface area contributed by atoms with Crippen LogP contribution in [0.15, 0.2) is 30.3 Å². The topological polar surface area (TPSA) is 167 Å². The van der Waals surface area contributed by atoms with Gasteiger partial charge in [0.15, 0.2) is 11.9 Å². The summed E-state index contributed by atoms with van der Waals surface area (Å²) in [6.07, 6.45) is -1.65. The van der Waals surface area contributed by atoms with Crippen LogP contribution in [-0.4, -0.2) is 69.2 Å².